The van der Waals surface area contributed by atoms with E-state index in [2.05, 4.69) is 10.0 Å². The highest BCUT2D eigenvalue weighted by Crippen LogP contribution is 2.32. The lowest BCUT2D eigenvalue weighted by molar-refractivity contribution is 0.581. The normalized spacial score (nSPS) is 18.3. The number of benzene rings is 1. The number of anilines is 1. The molecule has 0 saturated heterocycles. The average Bonchev–Trinajstić information content (AvgIpc) is 2.16. The number of nitrogens with one attached hydrogen (secondary N) is 2. The molecule has 0 fully saturated rings. The van der Waals surface area contributed by atoms with E-state index >= 15 is 0 Å². The van der Waals surface area contributed by atoms with Crippen LogP contribution < -0.4 is 10.0 Å². The van der Waals surface area contributed by atoms with Gasteiger partial charge in [0, 0.05) is 0 Å². The summed E-state index contributed by atoms with van der Waals surface area (Å²) in [7, 11) is -3.31. The quantitative estimate of drug-likeness (QED) is 0.762. The third kappa shape index (κ3) is 1.72. The summed E-state index contributed by atoms with van der Waals surface area (Å²) in [6.45, 7) is 4.36. The average molecular weight is 226 g/mol. The summed E-state index contributed by atoms with van der Waals surface area (Å²) in [4.78, 5) is 0.347. The second-order valence-corrected chi connectivity index (χ2v) is 5.61. The number of para-hydroxylation sites is 1. The van der Waals surface area contributed by atoms with Gasteiger partial charge in [-0.25, -0.2) is 8.42 Å². The fraction of sp³-hybridized carbons (Fsp3) is 0.400. The molecule has 1 aromatic carbocycles. The van der Waals surface area contributed by atoms with Crippen LogP contribution in [0, 0.1) is 0 Å². The van der Waals surface area contributed by atoms with Crippen LogP contribution in [0.1, 0.15) is 25.3 Å². The van der Waals surface area contributed by atoms with Gasteiger partial charge in [-0.2, -0.15) is 4.72 Å². The highest BCUT2D eigenvalue weighted by molar-refractivity contribution is 7.89. The van der Waals surface area contributed by atoms with E-state index < -0.39 is 10.0 Å². The first-order valence-corrected chi connectivity index (χ1v) is 6.37. The van der Waals surface area contributed by atoms with Crippen LogP contribution >= 0.6 is 0 Å². The van der Waals surface area contributed by atoms with Gasteiger partial charge in [0.2, 0.25) is 10.0 Å². The minimum absolute atomic E-state index is 0.263. The van der Waals surface area contributed by atoms with Crippen molar-refractivity contribution in [2.45, 2.75) is 24.7 Å². The maximum Gasteiger partial charge on any atom is 0.244 e. The van der Waals surface area contributed by atoms with Crippen molar-refractivity contribution in [3.8, 4) is 0 Å². The van der Waals surface area contributed by atoms with Crippen LogP contribution in [0.25, 0.3) is 0 Å². The van der Waals surface area contributed by atoms with Gasteiger partial charge in [-0.3, -0.25) is 0 Å². The molecule has 0 unspecified atom stereocenters. The van der Waals surface area contributed by atoms with Gasteiger partial charge in [-0.15, -0.1) is 0 Å². The van der Waals surface area contributed by atoms with Gasteiger partial charge in [0.15, 0.2) is 0 Å². The molecular formula is C10H14N2O2S. The van der Waals surface area contributed by atoms with Crippen molar-refractivity contribution < 1.29 is 8.42 Å². The zero-order chi connectivity index (χ0) is 11.1. The molecule has 2 rings (SSSR count). The summed E-state index contributed by atoms with van der Waals surface area (Å²) in [6, 6.07) is 5.35. The van der Waals surface area contributed by atoms with E-state index in [0.29, 0.717) is 10.8 Å². The molecule has 0 radical (unpaired) electrons. The monoisotopic (exact) mass is 226 g/mol. The van der Waals surface area contributed by atoms with E-state index in [0.717, 1.165) is 11.3 Å². The standard InChI is InChI=1S/C10H14N2O2S/c1-7(2)8-4-3-5-9-10(8)11-6-12-15(9,13)14/h3-5,7,11-12H,6H2,1-2H3. The SMILES string of the molecule is CC(C)c1cccc2c1NCNS2(=O)=O. The Kier molecular flexibility index (Phi) is 2.44. The summed E-state index contributed by atoms with van der Waals surface area (Å²) >= 11 is 0. The van der Waals surface area contributed by atoms with E-state index in [4.69, 9.17) is 0 Å². The van der Waals surface area contributed by atoms with Crippen LogP contribution in [0.15, 0.2) is 23.1 Å². The third-order valence-corrected chi connectivity index (χ3v) is 3.94. The van der Waals surface area contributed by atoms with Crippen molar-refractivity contribution in [3.63, 3.8) is 0 Å². The Balaban J connectivity index is 2.67. The van der Waals surface area contributed by atoms with E-state index in [1.807, 2.05) is 19.9 Å². The molecule has 0 aliphatic carbocycles. The van der Waals surface area contributed by atoms with E-state index in [9.17, 15) is 8.42 Å². The highest BCUT2D eigenvalue weighted by Gasteiger charge is 2.24. The van der Waals surface area contributed by atoms with Crippen LogP contribution in [0.5, 0.6) is 0 Å². The van der Waals surface area contributed by atoms with Gasteiger partial charge in [-0.1, -0.05) is 26.0 Å². The van der Waals surface area contributed by atoms with Crippen LogP contribution in [-0.2, 0) is 10.0 Å². The third-order valence-electron chi connectivity index (χ3n) is 2.50. The topological polar surface area (TPSA) is 58.2 Å². The first-order valence-electron chi connectivity index (χ1n) is 4.89. The van der Waals surface area contributed by atoms with E-state index in [1.54, 1.807) is 12.1 Å². The Bertz CT molecular complexity index is 480. The van der Waals surface area contributed by atoms with Crippen molar-refractivity contribution in [3.05, 3.63) is 23.8 Å². The highest BCUT2D eigenvalue weighted by atomic mass is 32.2. The molecule has 1 heterocycles. The Morgan fingerprint density at radius 3 is 2.73 bits per heavy atom. The van der Waals surface area contributed by atoms with Gasteiger partial charge in [0.05, 0.1) is 12.4 Å². The summed E-state index contributed by atoms with van der Waals surface area (Å²) in [5.74, 6) is 0.306. The van der Waals surface area contributed by atoms with Crippen molar-refractivity contribution in [1.82, 2.24) is 4.72 Å². The lowest BCUT2D eigenvalue weighted by Gasteiger charge is -2.23. The molecule has 0 aromatic heterocycles. The number of hydrogen-bond donors (Lipinski definition) is 2. The van der Waals surface area contributed by atoms with Crippen molar-refractivity contribution >= 4 is 15.7 Å². The summed E-state index contributed by atoms with van der Waals surface area (Å²) < 4.78 is 25.8. The zero-order valence-electron chi connectivity index (χ0n) is 8.74. The fourth-order valence-electron chi connectivity index (χ4n) is 1.74. The molecule has 0 bridgehead atoms. The predicted molar refractivity (Wildman–Crippen MR) is 59.3 cm³/mol. The lowest BCUT2D eigenvalue weighted by atomic mass is 10.0. The lowest BCUT2D eigenvalue weighted by Crippen LogP contribution is -2.35. The first-order chi connectivity index (χ1) is 7.02. The predicted octanol–water partition coefficient (Wildman–Crippen LogP) is 1.47. The van der Waals surface area contributed by atoms with Crippen LogP contribution in [-0.4, -0.2) is 15.1 Å². The van der Waals surface area contributed by atoms with Crippen LogP contribution in [0.3, 0.4) is 0 Å². The molecule has 2 N–H and O–H groups in total. The maximum atomic E-state index is 11.7. The zero-order valence-corrected chi connectivity index (χ0v) is 9.56. The van der Waals surface area contributed by atoms with Crippen LogP contribution in [0.2, 0.25) is 0 Å². The minimum Gasteiger partial charge on any atom is -0.370 e. The van der Waals surface area contributed by atoms with Gasteiger partial charge < -0.3 is 5.32 Å². The summed E-state index contributed by atoms with van der Waals surface area (Å²) in [5.41, 5.74) is 1.78. The van der Waals surface area contributed by atoms with E-state index in [1.165, 1.54) is 0 Å². The molecule has 0 amide bonds. The first kappa shape index (κ1) is 10.4. The molecule has 0 spiro atoms. The second kappa shape index (κ2) is 3.50. The van der Waals surface area contributed by atoms with Crippen LogP contribution in [0.4, 0.5) is 5.69 Å². The van der Waals surface area contributed by atoms with Gasteiger partial charge >= 0.3 is 0 Å². The van der Waals surface area contributed by atoms with Gasteiger partial charge in [0.25, 0.3) is 0 Å². The Morgan fingerprint density at radius 1 is 1.33 bits per heavy atom. The van der Waals surface area contributed by atoms with Gasteiger partial charge in [-0.05, 0) is 17.5 Å². The molecular weight excluding hydrogens is 212 g/mol. The fourth-order valence-corrected chi connectivity index (χ4v) is 2.87. The molecule has 1 aliphatic heterocycles. The Morgan fingerprint density at radius 2 is 2.07 bits per heavy atom. The minimum atomic E-state index is -3.31. The van der Waals surface area contributed by atoms with Crippen molar-refractivity contribution in [2.24, 2.45) is 0 Å². The molecule has 1 aromatic rings. The van der Waals surface area contributed by atoms with Gasteiger partial charge in [0.1, 0.15) is 4.90 Å². The van der Waals surface area contributed by atoms with Crippen molar-refractivity contribution in [1.29, 1.82) is 0 Å². The number of fused-ring (bicyclic) bond motifs is 1. The van der Waals surface area contributed by atoms with Crippen molar-refractivity contribution in [2.75, 3.05) is 12.0 Å². The van der Waals surface area contributed by atoms with E-state index in [-0.39, 0.29) is 6.67 Å². The molecule has 15 heavy (non-hydrogen) atoms. The number of rotatable bonds is 1. The Hall–Kier alpha value is -1.07. The molecule has 1 aliphatic rings. The molecule has 82 valence electrons. The second-order valence-electron chi connectivity index (χ2n) is 3.88. The largest absolute Gasteiger partial charge is 0.370 e. The molecule has 0 atom stereocenters. The Labute approximate surface area is 89.7 Å². The number of hydrogen-bond acceptors (Lipinski definition) is 3. The molecule has 0 saturated carbocycles. The molecule has 5 heteroatoms. The molecule has 4 nitrogen and oxygen atoms in total. The summed E-state index contributed by atoms with van der Waals surface area (Å²) in [5, 5.41) is 3.08. The smallest absolute Gasteiger partial charge is 0.244 e. The maximum absolute atomic E-state index is 11.7. The number of sulfonamides is 1. The summed E-state index contributed by atoms with van der Waals surface area (Å²) in [6.07, 6.45) is 0.